The molecule has 9 heteroatoms. The Morgan fingerprint density at radius 3 is 2.74 bits per heavy atom. The van der Waals surface area contributed by atoms with Crippen LogP contribution in [0.15, 0.2) is 45.8 Å². The zero-order valence-corrected chi connectivity index (χ0v) is 15.5. The van der Waals surface area contributed by atoms with Crippen molar-refractivity contribution in [2.45, 2.75) is 26.1 Å². The van der Waals surface area contributed by atoms with Crippen molar-refractivity contribution in [3.63, 3.8) is 0 Å². The van der Waals surface area contributed by atoms with E-state index in [4.69, 9.17) is 4.42 Å². The van der Waals surface area contributed by atoms with Gasteiger partial charge in [0, 0.05) is 13.1 Å². The summed E-state index contributed by atoms with van der Waals surface area (Å²) in [5, 5.41) is 6.36. The highest BCUT2D eigenvalue weighted by Gasteiger charge is 2.26. The van der Waals surface area contributed by atoms with Gasteiger partial charge in [0.25, 0.3) is 0 Å². The number of benzene rings is 1. The number of guanidine groups is 1. The Hall–Kier alpha value is -2.55. The van der Waals surface area contributed by atoms with E-state index in [1.807, 2.05) is 37.3 Å². The molecule has 0 aliphatic carbocycles. The van der Waals surface area contributed by atoms with Crippen molar-refractivity contribution in [2.24, 2.45) is 4.99 Å². The van der Waals surface area contributed by atoms with Crippen molar-refractivity contribution in [1.82, 2.24) is 15.6 Å². The molecule has 2 aromatic heterocycles. The number of nitrogens with zero attached hydrogens (tertiary/aromatic N) is 2. The number of alkyl halides is 3. The highest BCUT2D eigenvalue weighted by molar-refractivity contribution is 7.21. The van der Waals surface area contributed by atoms with E-state index in [2.05, 4.69) is 20.6 Å². The summed E-state index contributed by atoms with van der Waals surface area (Å²) < 4.78 is 43.7. The SMILES string of the molecule is CCNC(=NCc1ccc(-c2nc3ccccc3s2)o1)NCCC(F)(F)F. The number of halogens is 3. The van der Waals surface area contributed by atoms with Crippen LogP contribution in [0.5, 0.6) is 0 Å². The molecule has 0 bridgehead atoms. The van der Waals surface area contributed by atoms with Crippen molar-refractivity contribution < 1.29 is 17.6 Å². The third kappa shape index (κ3) is 5.46. The predicted molar refractivity (Wildman–Crippen MR) is 101 cm³/mol. The van der Waals surface area contributed by atoms with Gasteiger partial charge in [0.2, 0.25) is 0 Å². The van der Waals surface area contributed by atoms with Gasteiger partial charge in [-0.2, -0.15) is 13.2 Å². The van der Waals surface area contributed by atoms with Crippen LogP contribution in [0.4, 0.5) is 13.2 Å². The summed E-state index contributed by atoms with van der Waals surface area (Å²) in [4.78, 5) is 8.81. The number of hydrogen-bond acceptors (Lipinski definition) is 4. The molecule has 0 aliphatic rings. The minimum absolute atomic E-state index is 0.215. The van der Waals surface area contributed by atoms with Gasteiger partial charge in [-0.3, -0.25) is 0 Å². The van der Waals surface area contributed by atoms with Crippen LogP contribution < -0.4 is 10.6 Å². The van der Waals surface area contributed by atoms with Gasteiger partial charge >= 0.3 is 6.18 Å². The standard InChI is InChI=1S/C18H19F3N4OS/c1-2-22-17(23-10-9-18(19,20)21)24-11-12-7-8-14(26-12)16-25-13-5-3-4-6-15(13)27-16/h3-8H,2,9-11H2,1H3,(H2,22,23,24). The molecule has 1 aromatic carbocycles. The zero-order chi connectivity index (χ0) is 19.3. The molecule has 0 unspecified atom stereocenters. The molecular weight excluding hydrogens is 377 g/mol. The van der Waals surface area contributed by atoms with Crippen molar-refractivity contribution in [3.05, 3.63) is 42.2 Å². The molecule has 3 rings (SSSR count). The van der Waals surface area contributed by atoms with Gasteiger partial charge in [-0.15, -0.1) is 11.3 Å². The molecule has 2 heterocycles. The molecule has 0 fully saturated rings. The Morgan fingerprint density at radius 1 is 1.19 bits per heavy atom. The van der Waals surface area contributed by atoms with E-state index in [0.29, 0.717) is 24.0 Å². The number of thiazole rings is 1. The maximum atomic E-state index is 12.3. The fourth-order valence-corrected chi connectivity index (χ4v) is 3.30. The van der Waals surface area contributed by atoms with Gasteiger partial charge in [-0.25, -0.2) is 9.98 Å². The Bertz CT molecular complexity index is 884. The van der Waals surface area contributed by atoms with Gasteiger partial charge in [0.05, 0.1) is 16.6 Å². The Labute approximate surface area is 158 Å². The van der Waals surface area contributed by atoms with Crippen LogP contribution >= 0.6 is 11.3 Å². The molecule has 0 spiro atoms. The van der Waals surface area contributed by atoms with Crippen LogP contribution in [0.2, 0.25) is 0 Å². The van der Waals surface area contributed by atoms with Gasteiger partial charge < -0.3 is 15.1 Å². The maximum Gasteiger partial charge on any atom is 0.390 e. The number of fused-ring (bicyclic) bond motifs is 1. The number of hydrogen-bond donors (Lipinski definition) is 2. The van der Waals surface area contributed by atoms with E-state index < -0.39 is 12.6 Å². The third-order valence-corrected chi connectivity index (χ3v) is 4.66. The Kier molecular flexibility index (Phi) is 6.00. The number of furan rings is 1. The second-order valence-corrected chi connectivity index (χ2v) is 6.77. The van der Waals surface area contributed by atoms with Crippen molar-refractivity contribution >= 4 is 27.5 Å². The van der Waals surface area contributed by atoms with Crippen LogP contribution in [0.25, 0.3) is 21.0 Å². The Balaban J connectivity index is 1.65. The van der Waals surface area contributed by atoms with Crippen LogP contribution in [-0.2, 0) is 6.54 Å². The number of aliphatic imine (C=N–C) groups is 1. The molecule has 0 atom stereocenters. The largest absolute Gasteiger partial charge is 0.457 e. The highest BCUT2D eigenvalue weighted by atomic mass is 32.1. The summed E-state index contributed by atoms with van der Waals surface area (Å²) >= 11 is 1.54. The lowest BCUT2D eigenvalue weighted by molar-refractivity contribution is -0.132. The third-order valence-electron chi connectivity index (χ3n) is 3.60. The number of nitrogens with one attached hydrogen (secondary N) is 2. The van der Waals surface area contributed by atoms with Crippen molar-refractivity contribution in [1.29, 1.82) is 0 Å². The fourth-order valence-electron chi connectivity index (χ4n) is 2.38. The summed E-state index contributed by atoms with van der Waals surface area (Å²) in [6, 6.07) is 11.5. The summed E-state index contributed by atoms with van der Waals surface area (Å²) in [7, 11) is 0. The smallest absolute Gasteiger partial charge is 0.390 e. The van der Waals surface area contributed by atoms with Gasteiger partial charge in [-0.1, -0.05) is 12.1 Å². The number of para-hydroxylation sites is 1. The van der Waals surface area contributed by atoms with Crippen LogP contribution in [0, 0.1) is 0 Å². The van der Waals surface area contributed by atoms with E-state index in [-0.39, 0.29) is 13.1 Å². The second-order valence-electron chi connectivity index (χ2n) is 5.74. The van der Waals surface area contributed by atoms with Gasteiger partial charge in [0.15, 0.2) is 16.7 Å². The number of rotatable bonds is 6. The maximum absolute atomic E-state index is 12.3. The average molecular weight is 396 g/mol. The summed E-state index contributed by atoms with van der Waals surface area (Å²) in [5.74, 6) is 1.58. The monoisotopic (exact) mass is 396 g/mol. The molecule has 3 aromatic rings. The molecule has 0 saturated carbocycles. The molecule has 27 heavy (non-hydrogen) atoms. The molecule has 0 aliphatic heterocycles. The van der Waals surface area contributed by atoms with Crippen LogP contribution in [-0.4, -0.2) is 30.2 Å². The average Bonchev–Trinajstić information content (AvgIpc) is 3.25. The molecule has 144 valence electrons. The molecular formula is C18H19F3N4OS. The summed E-state index contributed by atoms with van der Waals surface area (Å²) in [6.45, 7) is 2.38. The highest BCUT2D eigenvalue weighted by Crippen LogP contribution is 2.31. The second kappa shape index (κ2) is 8.43. The predicted octanol–water partition coefficient (Wildman–Crippen LogP) is 4.56. The quantitative estimate of drug-likeness (QED) is 0.474. The van der Waals surface area contributed by atoms with Crippen LogP contribution in [0.3, 0.4) is 0 Å². The molecule has 0 saturated heterocycles. The topological polar surface area (TPSA) is 62.5 Å². The molecule has 0 amide bonds. The first kappa shape index (κ1) is 19.2. The lowest BCUT2D eigenvalue weighted by atomic mass is 10.3. The molecule has 2 N–H and O–H groups in total. The first-order valence-corrected chi connectivity index (χ1v) is 9.30. The van der Waals surface area contributed by atoms with Gasteiger partial charge in [-0.05, 0) is 31.2 Å². The van der Waals surface area contributed by atoms with Crippen molar-refractivity contribution in [3.8, 4) is 10.8 Å². The number of aromatic nitrogens is 1. The first-order valence-electron chi connectivity index (χ1n) is 8.48. The minimum Gasteiger partial charge on any atom is -0.457 e. The fraction of sp³-hybridized carbons (Fsp3) is 0.333. The zero-order valence-electron chi connectivity index (χ0n) is 14.6. The lowest BCUT2D eigenvalue weighted by Crippen LogP contribution is -2.38. The normalized spacial score (nSPS) is 12.5. The van der Waals surface area contributed by atoms with E-state index in [9.17, 15) is 13.2 Å². The van der Waals surface area contributed by atoms with E-state index >= 15 is 0 Å². The van der Waals surface area contributed by atoms with E-state index in [1.165, 1.54) is 11.3 Å². The Morgan fingerprint density at radius 2 is 2.00 bits per heavy atom. The summed E-state index contributed by atoms with van der Waals surface area (Å²) in [5.41, 5.74) is 0.914. The van der Waals surface area contributed by atoms with Gasteiger partial charge in [0.1, 0.15) is 12.3 Å². The first-order chi connectivity index (χ1) is 12.9. The lowest BCUT2D eigenvalue weighted by Gasteiger charge is -2.12. The van der Waals surface area contributed by atoms with Crippen molar-refractivity contribution in [2.75, 3.05) is 13.1 Å². The van der Waals surface area contributed by atoms with E-state index in [0.717, 1.165) is 15.2 Å². The van der Waals surface area contributed by atoms with E-state index in [1.54, 1.807) is 6.07 Å². The molecule has 5 nitrogen and oxygen atoms in total. The molecule has 0 radical (unpaired) electrons. The summed E-state index contributed by atoms with van der Waals surface area (Å²) in [6.07, 6.45) is -5.11. The van der Waals surface area contributed by atoms with Crippen LogP contribution in [0.1, 0.15) is 19.1 Å². The minimum atomic E-state index is -4.20.